The van der Waals surface area contributed by atoms with E-state index in [4.69, 9.17) is 5.11 Å². The van der Waals surface area contributed by atoms with Gasteiger partial charge in [0.2, 0.25) is 5.91 Å². The fourth-order valence-electron chi connectivity index (χ4n) is 1.96. The summed E-state index contributed by atoms with van der Waals surface area (Å²) in [5, 5.41) is 8.66. The summed E-state index contributed by atoms with van der Waals surface area (Å²) in [7, 11) is 3.36. The number of amides is 1. The summed E-state index contributed by atoms with van der Waals surface area (Å²) < 4.78 is 13.1. The molecule has 5 nitrogen and oxygen atoms in total. The molecule has 0 bridgehead atoms. The van der Waals surface area contributed by atoms with Gasteiger partial charge in [0.15, 0.2) is 0 Å². The molecule has 1 unspecified atom stereocenters. The van der Waals surface area contributed by atoms with E-state index in [1.165, 1.54) is 17.0 Å². The zero-order chi connectivity index (χ0) is 16.0. The first kappa shape index (κ1) is 17.1. The first-order chi connectivity index (χ1) is 9.81. The maximum absolute atomic E-state index is 13.1. The second-order valence-corrected chi connectivity index (χ2v) is 5.12. The highest BCUT2D eigenvalue weighted by Crippen LogP contribution is 2.09. The molecule has 0 saturated carbocycles. The van der Waals surface area contributed by atoms with Crippen molar-refractivity contribution in [1.82, 2.24) is 9.80 Å². The largest absolute Gasteiger partial charge is 0.481 e. The lowest BCUT2D eigenvalue weighted by atomic mass is 10.2. The summed E-state index contributed by atoms with van der Waals surface area (Å²) >= 11 is 0. The van der Waals surface area contributed by atoms with Crippen LogP contribution in [0, 0.1) is 5.82 Å². The van der Waals surface area contributed by atoms with Crippen molar-refractivity contribution in [2.24, 2.45) is 0 Å². The number of aliphatic carboxylic acids is 1. The number of carbonyl (C=O) groups is 2. The van der Waals surface area contributed by atoms with Gasteiger partial charge in [0.25, 0.3) is 0 Å². The number of hydrogen-bond donors (Lipinski definition) is 1. The minimum Gasteiger partial charge on any atom is -0.481 e. The Morgan fingerprint density at radius 3 is 2.57 bits per heavy atom. The van der Waals surface area contributed by atoms with Gasteiger partial charge in [0.05, 0.1) is 12.5 Å². The summed E-state index contributed by atoms with van der Waals surface area (Å²) in [6.45, 7) is 2.34. The standard InChI is InChI=1S/C15H21FN2O3/c1-11(17(2)8-7-14(19)20)15(21)18(3)10-12-5-4-6-13(16)9-12/h4-6,9,11H,7-8,10H2,1-3H3,(H,19,20). The van der Waals surface area contributed by atoms with Crippen molar-refractivity contribution in [3.8, 4) is 0 Å². The monoisotopic (exact) mass is 296 g/mol. The van der Waals surface area contributed by atoms with Gasteiger partial charge in [0, 0.05) is 20.1 Å². The van der Waals surface area contributed by atoms with E-state index in [1.54, 1.807) is 38.1 Å². The molecule has 0 spiro atoms. The van der Waals surface area contributed by atoms with Crippen LogP contribution in [0.4, 0.5) is 4.39 Å². The normalized spacial score (nSPS) is 12.2. The molecular formula is C15H21FN2O3. The predicted octanol–water partition coefficient (Wildman–Crippen LogP) is 1.58. The molecule has 0 aromatic heterocycles. The average Bonchev–Trinajstić information content (AvgIpc) is 2.43. The molecule has 0 aliphatic rings. The third-order valence-corrected chi connectivity index (χ3v) is 3.38. The number of carboxylic acids is 1. The molecule has 0 radical (unpaired) electrons. The number of nitrogens with zero attached hydrogens (tertiary/aromatic N) is 2. The molecule has 1 aromatic rings. The van der Waals surface area contributed by atoms with E-state index in [0.29, 0.717) is 18.7 Å². The molecule has 21 heavy (non-hydrogen) atoms. The van der Waals surface area contributed by atoms with Gasteiger partial charge in [-0.25, -0.2) is 4.39 Å². The summed E-state index contributed by atoms with van der Waals surface area (Å²) in [5.41, 5.74) is 0.714. The molecule has 1 aromatic carbocycles. The number of rotatable bonds is 7. The van der Waals surface area contributed by atoms with E-state index in [9.17, 15) is 14.0 Å². The number of hydrogen-bond acceptors (Lipinski definition) is 3. The van der Waals surface area contributed by atoms with E-state index in [1.807, 2.05) is 0 Å². The molecule has 0 saturated heterocycles. The van der Waals surface area contributed by atoms with Crippen LogP contribution in [-0.4, -0.2) is 53.5 Å². The topological polar surface area (TPSA) is 60.9 Å². The third kappa shape index (κ3) is 5.51. The second-order valence-electron chi connectivity index (χ2n) is 5.12. The molecule has 0 heterocycles. The van der Waals surface area contributed by atoms with Gasteiger partial charge in [-0.1, -0.05) is 12.1 Å². The van der Waals surface area contributed by atoms with Crippen molar-refractivity contribution in [1.29, 1.82) is 0 Å². The quantitative estimate of drug-likeness (QED) is 0.830. The van der Waals surface area contributed by atoms with Crippen molar-refractivity contribution in [2.45, 2.75) is 25.9 Å². The Morgan fingerprint density at radius 2 is 2.00 bits per heavy atom. The van der Waals surface area contributed by atoms with Crippen LogP contribution >= 0.6 is 0 Å². The summed E-state index contributed by atoms with van der Waals surface area (Å²) in [4.78, 5) is 26.0. The summed E-state index contributed by atoms with van der Waals surface area (Å²) in [6.07, 6.45) is -0.0122. The lowest BCUT2D eigenvalue weighted by molar-refractivity contribution is -0.139. The lowest BCUT2D eigenvalue weighted by Crippen LogP contribution is -2.44. The van der Waals surface area contributed by atoms with E-state index >= 15 is 0 Å². The van der Waals surface area contributed by atoms with Gasteiger partial charge < -0.3 is 10.0 Å². The molecule has 1 atom stereocenters. The number of carbonyl (C=O) groups excluding carboxylic acids is 1. The van der Waals surface area contributed by atoms with Crippen LogP contribution in [0.3, 0.4) is 0 Å². The number of carboxylic acid groups (broad SMARTS) is 1. The van der Waals surface area contributed by atoms with Gasteiger partial charge in [0.1, 0.15) is 5.82 Å². The van der Waals surface area contributed by atoms with Crippen LogP contribution in [0.1, 0.15) is 18.9 Å². The predicted molar refractivity (Wildman–Crippen MR) is 77.2 cm³/mol. The molecule has 0 aliphatic carbocycles. The molecular weight excluding hydrogens is 275 g/mol. The first-order valence-corrected chi connectivity index (χ1v) is 6.72. The van der Waals surface area contributed by atoms with Crippen molar-refractivity contribution in [3.05, 3.63) is 35.6 Å². The SMILES string of the molecule is CC(C(=O)N(C)Cc1cccc(F)c1)N(C)CCC(=O)O. The number of likely N-dealkylation sites (N-methyl/N-ethyl adjacent to an activating group) is 2. The number of halogens is 1. The van der Waals surface area contributed by atoms with Gasteiger partial charge in [-0.05, 0) is 31.7 Å². The van der Waals surface area contributed by atoms with Crippen LogP contribution in [-0.2, 0) is 16.1 Å². The third-order valence-electron chi connectivity index (χ3n) is 3.38. The van der Waals surface area contributed by atoms with Crippen molar-refractivity contribution < 1.29 is 19.1 Å². The fourth-order valence-corrected chi connectivity index (χ4v) is 1.96. The molecule has 1 N–H and O–H groups in total. The second kappa shape index (κ2) is 7.73. The average molecular weight is 296 g/mol. The number of benzene rings is 1. The van der Waals surface area contributed by atoms with Gasteiger partial charge >= 0.3 is 5.97 Å². The maximum Gasteiger partial charge on any atom is 0.304 e. The molecule has 116 valence electrons. The Balaban J connectivity index is 2.58. The van der Waals surface area contributed by atoms with Crippen LogP contribution in [0.15, 0.2) is 24.3 Å². The van der Waals surface area contributed by atoms with Gasteiger partial charge in [-0.3, -0.25) is 14.5 Å². The smallest absolute Gasteiger partial charge is 0.304 e. The lowest BCUT2D eigenvalue weighted by Gasteiger charge is -2.27. The van der Waals surface area contributed by atoms with Crippen LogP contribution < -0.4 is 0 Å². The van der Waals surface area contributed by atoms with Crippen LogP contribution in [0.2, 0.25) is 0 Å². The van der Waals surface area contributed by atoms with E-state index in [0.717, 1.165) is 0 Å². The maximum atomic E-state index is 13.1. The molecule has 1 amide bonds. The Morgan fingerprint density at radius 1 is 1.33 bits per heavy atom. The molecule has 6 heteroatoms. The summed E-state index contributed by atoms with van der Waals surface area (Å²) in [6, 6.07) is 5.68. The van der Waals surface area contributed by atoms with Gasteiger partial charge in [-0.2, -0.15) is 0 Å². The van der Waals surface area contributed by atoms with E-state index in [-0.39, 0.29) is 18.1 Å². The minimum absolute atomic E-state index is 0.0122. The molecule has 0 fully saturated rings. The molecule has 0 aliphatic heterocycles. The highest BCUT2D eigenvalue weighted by molar-refractivity contribution is 5.81. The Bertz CT molecular complexity index is 507. The first-order valence-electron chi connectivity index (χ1n) is 6.72. The Labute approximate surface area is 124 Å². The molecule has 1 rings (SSSR count). The summed E-state index contributed by atoms with van der Waals surface area (Å²) in [5.74, 6) is -1.36. The van der Waals surface area contributed by atoms with E-state index < -0.39 is 12.0 Å². The van der Waals surface area contributed by atoms with Crippen LogP contribution in [0.25, 0.3) is 0 Å². The fraction of sp³-hybridized carbons (Fsp3) is 0.467. The minimum atomic E-state index is -0.894. The Hall–Kier alpha value is -1.95. The van der Waals surface area contributed by atoms with Crippen molar-refractivity contribution in [2.75, 3.05) is 20.6 Å². The zero-order valence-electron chi connectivity index (χ0n) is 12.5. The van der Waals surface area contributed by atoms with Crippen molar-refractivity contribution >= 4 is 11.9 Å². The highest BCUT2D eigenvalue weighted by Gasteiger charge is 2.22. The highest BCUT2D eigenvalue weighted by atomic mass is 19.1. The zero-order valence-corrected chi connectivity index (χ0v) is 12.5. The Kier molecular flexibility index (Phi) is 6.30. The van der Waals surface area contributed by atoms with Crippen LogP contribution in [0.5, 0.6) is 0 Å². The van der Waals surface area contributed by atoms with E-state index in [2.05, 4.69) is 0 Å². The van der Waals surface area contributed by atoms with Gasteiger partial charge in [-0.15, -0.1) is 0 Å². The van der Waals surface area contributed by atoms with Crippen molar-refractivity contribution in [3.63, 3.8) is 0 Å².